The summed E-state index contributed by atoms with van der Waals surface area (Å²) < 4.78 is 6.71. The first-order valence-corrected chi connectivity index (χ1v) is 11.7. The number of nitrogens with two attached hydrogens (primary N) is 1. The lowest BCUT2D eigenvalue weighted by Gasteiger charge is -2.13. The largest absolute Gasteiger partial charge is 0.461 e. The minimum Gasteiger partial charge on any atom is -0.461 e. The van der Waals surface area contributed by atoms with Gasteiger partial charge in [0.1, 0.15) is 11.4 Å². The van der Waals surface area contributed by atoms with E-state index in [1.54, 1.807) is 37.3 Å². The predicted molar refractivity (Wildman–Crippen MR) is 137 cm³/mol. The number of amides is 2. The second kappa shape index (κ2) is 10.4. The van der Waals surface area contributed by atoms with Crippen molar-refractivity contribution in [2.75, 3.05) is 23.0 Å². The van der Waals surface area contributed by atoms with Crippen LogP contribution in [0, 0.1) is 0 Å². The molecule has 9 nitrogen and oxygen atoms in total. The monoisotopic (exact) mass is 509 g/mol. The van der Waals surface area contributed by atoms with Crippen LogP contribution in [0.1, 0.15) is 27.8 Å². The van der Waals surface area contributed by atoms with E-state index in [2.05, 4.69) is 15.6 Å². The van der Waals surface area contributed by atoms with Crippen LogP contribution in [0.5, 0.6) is 0 Å². The van der Waals surface area contributed by atoms with E-state index in [4.69, 9.17) is 22.1 Å². The van der Waals surface area contributed by atoms with Crippen LogP contribution in [0.25, 0.3) is 16.9 Å². The molecule has 0 fully saturated rings. The first kappa shape index (κ1) is 24.0. The number of nitrogens with zero attached hydrogens (tertiary/aromatic N) is 2. The van der Waals surface area contributed by atoms with Gasteiger partial charge in [0.25, 0.3) is 0 Å². The van der Waals surface area contributed by atoms with Crippen LogP contribution >= 0.6 is 22.9 Å². The van der Waals surface area contributed by atoms with Crippen LogP contribution in [0.15, 0.2) is 60.0 Å². The van der Waals surface area contributed by atoms with Crippen molar-refractivity contribution >= 4 is 57.7 Å². The molecule has 0 atom stereocenters. The summed E-state index contributed by atoms with van der Waals surface area (Å²) in [5.41, 5.74) is 8.92. The highest BCUT2D eigenvalue weighted by Gasteiger charge is 2.24. The number of hydrogen-bond donors (Lipinski definition) is 3. The standard InChI is InChI=1S/C24H20ClN5O4S/c1-2-34-22(32)21-18(29-24(33)27-16-5-3-4-14(10-16)12-31)11-20(25)30(21)17-8-6-15(7-9-17)19-13-35-23(26)28-19/h3-13H,2H2,1H3,(H2,26,28)(H2,27,29,33). The summed E-state index contributed by atoms with van der Waals surface area (Å²) in [5.74, 6) is -0.658. The zero-order valence-electron chi connectivity index (χ0n) is 18.4. The highest BCUT2D eigenvalue weighted by atomic mass is 35.5. The van der Waals surface area contributed by atoms with Gasteiger partial charge in [0.15, 0.2) is 10.8 Å². The minimum atomic E-state index is -0.658. The van der Waals surface area contributed by atoms with Gasteiger partial charge in [-0.1, -0.05) is 35.9 Å². The molecule has 4 rings (SSSR count). The number of ether oxygens (including phenoxy) is 1. The van der Waals surface area contributed by atoms with Crippen LogP contribution in [-0.2, 0) is 4.74 Å². The van der Waals surface area contributed by atoms with Crippen molar-refractivity contribution in [3.63, 3.8) is 0 Å². The third-order valence-corrected chi connectivity index (χ3v) is 5.85. The Morgan fingerprint density at radius 3 is 2.60 bits per heavy atom. The number of urea groups is 1. The number of thiazole rings is 1. The van der Waals surface area contributed by atoms with Gasteiger partial charge >= 0.3 is 12.0 Å². The summed E-state index contributed by atoms with van der Waals surface area (Å²) in [4.78, 5) is 40.8. The lowest BCUT2D eigenvalue weighted by molar-refractivity contribution is 0.0518. The molecule has 0 radical (unpaired) electrons. The zero-order chi connectivity index (χ0) is 24.9. The lowest BCUT2D eigenvalue weighted by Crippen LogP contribution is -2.22. The van der Waals surface area contributed by atoms with Gasteiger partial charge in [-0.25, -0.2) is 14.6 Å². The first-order valence-electron chi connectivity index (χ1n) is 10.4. The van der Waals surface area contributed by atoms with E-state index in [-0.39, 0.29) is 23.1 Å². The Kier molecular flexibility index (Phi) is 7.14. The molecule has 2 aromatic heterocycles. The molecule has 0 bridgehead atoms. The van der Waals surface area contributed by atoms with E-state index in [0.29, 0.717) is 28.4 Å². The van der Waals surface area contributed by atoms with Crippen molar-refractivity contribution in [3.8, 4) is 16.9 Å². The molecule has 11 heteroatoms. The molecule has 2 aromatic carbocycles. The van der Waals surface area contributed by atoms with Crippen molar-refractivity contribution in [3.05, 3.63) is 76.4 Å². The summed E-state index contributed by atoms with van der Waals surface area (Å²) >= 11 is 7.83. The number of benzene rings is 2. The number of anilines is 3. The molecule has 0 aliphatic heterocycles. The van der Waals surface area contributed by atoms with Crippen LogP contribution in [-0.4, -0.2) is 34.4 Å². The Labute approximate surface area is 209 Å². The Hall–Kier alpha value is -4.15. The maximum atomic E-state index is 12.9. The molecule has 178 valence electrons. The van der Waals surface area contributed by atoms with Crippen molar-refractivity contribution in [1.29, 1.82) is 0 Å². The van der Waals surface area contributed by atoms with Gasteiger partial charge < -0.3 is 21.1 Å². The number of aromatic nitrogens is 2. The van der Waals surface area contributed by atoms with E-state index >= 15 is 0 Å². The number of hydrogen-bond acceptors (Lipinski definition) is 7. The van der Waals surface area contributed by atoms with Gasteiger partial charge in [-0.2, -0.15) is 0 Å². The number of carbonyl (C=O) groups excluding carboxylic acids is 3. The number of carbonyl (C=O) groups is 3. The molecule has 2 heterocycles. The predicted octanol–water partition coefficient (Wildman–Crippen LogP) is 5.47. The van der Waals surface area contributed by atoms with Crippen LogP contribution in [0.2, 0.25) is 5.15 Å². The number of aldehydes is 1. The Morgan fingerprint density at radius 1 is 1.17 bits per heavy atom. The summed E-state index contributed by atoms with van der Waals surface area (Å²) in [6.45, 7) is 1.82. The van der Waals surface area contributed by atoms with Crippen molar-refractivity contribution in [2.45, 2.75) is 6.92 Å². The molecule has 35 heavy (non-hydrogen) atoms. The van der Waals surface area contributed by atoms with E-state index < -0.39 is 12.0 Å². The van der Waals surface area contributed by atoms with Crippen molar-refractivity contribution in [2.24, 2.45) is 0 Å². The molecule has 4 aromatic rings. The second-order valence-electron chi connectivity index (χ2n) is 7.23. The van der Waals surface area contributed by atoms with Gasteiger partial charge in [-0.3, -0.25) is 9.36 Å². The Balaban J connectivity index is 1.65. The van der Waals surface area contributed by atoms with Crippen molar-refractivity contribution < 1.29 is 19.1 Å². The van der Waals surface area contributed by atoms with Gasteiger partial charge in [0.2, 0.25) is 0 Å². The smallest absolute Gasteiger partial charge is 0.357 e. The third-order valence-electron chi connectivity index (χ3n) is 4.90. The second-order valence-corrected chi connectivity index (χ2v) is 8.50. The zero-order valence-corrected chi connectivity index (χ0v) is 20.0. The first-order chi connectivity index (χ1) is 16.9. The number of esters is 1. The number of nitrogen functional groups attached to an aromatic ring is 1. The molecule has 4 N–H and O–H groups in total. The Morgan fingerprint density at radius 2 is 1.94 bits per heavy atom. The normalized spacial score (nSPS) is 10.6. The van der Waals surface area contributed by atoms with E-state index in [1.807, 2.05) is 17.5 Å². The maximum absolute atomic E-state index is 12.9. The van der Waals surface area contributed by atoms with Gasteiger partial charge in [0.05, 0.1) is 18.0 Å². The average Bonchev–Trinajstić information content (AvgIpc) is 3.42. The quantitative estimate of drug-likeness (QED) is 0.224. The van der Waals surface area contributed by atoms with Gasteiger partial charge in [-0.05, 0) is 31.2 Å². The van der Waals surface area contributed by atoms with Crippen LogP contribution in [0.3, 0.4) is 0 Å². The topological polar surface area (TPSA) is 128 Å². The third kappa shape index (κ3) is 5.34. The molecule has 0 aliphatic carbocycles. The minimum absolute atomic E-state index is 0.0549. The van der Waals surface area contributed by atoms with Gasteiger partial charge in [-0.15, -0.1) is 11.3 Å². The fourth-order valence-electron chi connectivity index (χ4n) is 3.40. The molecular formula is C24H20ClN5O4S. The SMILES string of the molecule is CCOC(=O)c1c(NC(=O)Nc2cccc(C=O)c2)cc(Cl)n1-c1ccc(-c2csc(N)n2)cc1. The molecule has 2 amide bonds. The van der Waals surface area contributed by atoms with E-state index in [1.165, 1.54) is 28.0 Å². The summed E-state index contributed by atoms with van der Waals surface area (Å²) in [7, 11) is 0. The van der Waals surface area contributed by atoms with E-state index in [0.717, 1.165) is 11.3 Å². The summed E-state index contributed by atoms with van der Waals surface area (Å²) in [6, 6.07) is 14.5. The van der Waals surface area contributed by atoms with Crippen molar-refractivity contribution in [1.82, 2.24) is 9.55 Å². The Bertz CT molecular complexity index is 1400. The summed E-state index contributed by atoms with van der Waals surface area (Å²) in [5, 5.41) is 7.78. The molecule has 0 saturated heterocycles. The van der Waals surface area contributed by atoms with E-state index in [9.17, 15) is 14.4 Å². The molecule has 0 saturated carbocycles. The molecule has 0 spiro atoms. The number of nitrogens with one attached hydrogen (secondary N) is 2. The highest BCUT2D eigenvalue weighted by Crippen LogP contribution is 2.32. The maximum Gasteiger partial charge on any atom is 0.357 e. The highest BCUT2D eigenvalue weighted by molar-refractivity contribution is 7.13. The summed E-state index contributed by atoms with van der Waals surface area (Å²) in [6.07, 6.45) is 0.677. The van der Waals surface area contributed by atoms with Gasteiger partial charge in [0, 0.05) is 33.9 Å². The molecular weight excluding hydrogens is 490 g/mol. The fraction of sp³-hybridized carbons (Fsp3) is 0.0833. The fourth-order valence-corrected chi connectivity index (χ4v) is 4.27. The average molecular weight is 510 g/mol. The molecule has 0 unspecified atom stereocenters. The number of rotatable bonds is 7. The molecule has 0 aliphatic rings. The number of halogens is 1. The van der Waals surface area contributed by atoms with Crippen LogP contribution < -0.4 is 16.4 Å². The van der Waals surface area contributed by atoms with Crippen LogP contribution in [0.4, 0.5) is 21.3 Å². The lowest BCUT2D eigenvalue weighted by atomic mass is 10.1.